The van der Waals surface area contributed by atoms with Crippen LogP contribution >= 0.6 is 27.3 Å². The molecule has 1 aromatic rings. The van der Waals surface area contributed by atoms with Gasteiger partial charge in [0.25, 0.3) is 0 Å². The summed E-state index contributed by atoms with van der Waals surface area (Å²) < 4.78 is 1.23. The first-order valence-corrected chi connectivity index (χ1v) is 6.57. The molecule has 0 aliphatic heterocycles. The van der Waals surface area contributed by atoms with Crippen LogP contribution in [-0.4, -0.2) is 6.61 Å². The Morgan fingerprint density at radius 2 is 2.57 bits per heavy atom. The summed E-state index contributed by atoms with van der Waals surface area (Å²) in [7, 11) is 0. The third kappa shape index (κ3) is 2.19. The summed E-state index contributed by atoms with van der Waals surface area (Å²) in [4.78, 5) is 6.78. The van der Waals surface area contributed by atoms with E-state index in [1.54, 1.807) is 0 Å². The first-order valence-electron chi connectivity index (χ1n) is 4.96. The molecule has 0 amide bonds. The molecule has 1 heterocycles. The molecule has 2 rings (SSSR count). The molecule has 1 N–H and O–H groups in total. The van der Waals surface area contributed by atoms with E-state index in [2.05, 4.69) is 27.5 Å². The van der Waals surface area contributed by atoms with E-state index in [0.717, 1.165) is 6.61 Å². The Kier molecular flexibility index (Phi) is 3.60. The van der Waals surface area contributed by atoms with Crippen molar-refractivity contribution >= 4 is 27.3 Å². The fraction of sp³-hybridized carbons (Fsp3) is 0.600. The summed E-state index contributed by atoms with van der Waals surface area (Å²) in [6.07, 6.45) is 3.65. The smallest absolute Gasteiger partial charge is 0.0704 e. The first-order chi connectivity index (χ1) is 6.81. The Morgan fingerprint density at radius 1 is 1.71 bits per heavy atom. The van der Waals surface area contributed by atoms with Crippen molar-refractivity contribution in [2.24, 2.45) is 0 Å². The summed E-state index contributed by atoms with van der Waals surface area (Å²) in [6, 6.07) is 2.61. The fourth-order valence-electron chi connectivity index (χ4n) is 1.83. The van der Waals surface area contributed by atoms with Crippen molar-refractivity contribution < 1.29 is 4.84 Å². The number of hydrogen-bond donors (Lipinski definition) is 1. The molecule has 0 saturated carbocycles. The lowest BCUT2D eigenvalue weighted by molar-refractivity contribution is 0.0199. The summed E-state index contributed by atoms with van der Waals surface area (Å²) in [5.74, 6) is 0. The minimum atomic E-state index is 0.390. The Balaban J connectivity index is 2.13. The number of hydroxylamine groups is 1. The average molecular weight is 276 g/mol. The lowest BCUT2D eigenvalue weighted by atomic mass is 9.95. The van der Waals surface area contributed by atoms with E-state index in [1.165, 1.54) is 33.5 Å². The van der Waals surface area contributed by atoms with Crippen molar-refractivity contribution in [2.75, 3.05) is 6.61 Å². The molecule has 1 aliphatic carbocycles. The molecule has 4 heteroatoms. The van der Waals surface area contributed by atoms with Crippen molar-refractivity contribution in [3.8, 4) is 0 Å². The molecule has 2 nitrogen and oxygen atoms in total. The number of aryl methyl sites for hydroxylation is 1. The van der Waals surface area contributed by atoms with Crippen LogP contribution in [0, 0.1) is 0 Å². The standard InChI is InChI=1S/C10H14BrNOS/c1-2-13-12-8-4-3-5-9-7(8)6-10(11)14-9/h6,8,12H,2-5H2,1H3. The van der Waals surface area contributed by atoms with Gasteiger partial charge in [-0.1, -0.05) is 0 Å². The van der Waals surface area contributed by atoms with Gasteiger partial charge in [0.1, 0.15) is 0 Å². The van der Waals surface area contributed by atoms with Crippen LogP contribution in [0.5, 0.6) is 0 Å². The highest BCUT2D eigenvalue weighted by Crippen LogP contribution is 2.37. The van der Waals surface area contributed by atoms with E-state index in [1.807, 2.05) is 18.3 Å². The number of halogens is 1. The second kappa shape index (κ2) is 4.75. The third-order valence-electron chi connectivity index (χ3n) is 2.45. The first kappa shape index (κ1) is 10.6. The molecule has 0 radical (unpaired) electrons. The number of hydrogen-bond acceptors (Lipinski definition) is 3. The summed E-state index contributed by atoms with van der Waals surface area (Å²) >= 11 is 5.39. The molecule has 1 aliphatic rings. The highest BCUT2D eigenvalue weighted by Gasteiger charge is 2.22. The van der Waals surface area contributed by atoms with E-state index in [9.17, 15) is 0 Å². The maximum Gasteiger partial charge on any atom is 0.0704 e. The highest BCUT2D eigenvalue weighted by molar-refractivity contribution is 9.11. The predicted octanol–water partition coefficient (Wildman–Crippen LogP) is 3.43. The predicted molar refractivity (Wildman–Crippen MR) is 62.5 cm³/mol. The molecule has 0 aromatic carbocycles. The molecule has 1 unspecified atom stereocenters. The van der Waals surface area contributed by atoms with Crippen LogP contribution in [0.25, 0.3) is 0 Å². The van der Waals surface area contributed by atoms with Crippen LogP contribution in [0.2, 0.25) is 0 Å². The molecule has 78 valence electrons. The van der Waals surface area contributed by atoms with Gasteiger partial charge in [-0.05, 0) is 53.7 Å². The zero-order valence-corrected chi connectivity index (χ0v) is 10.6. The van der Waals surface area contributed by atoms with Crippen molar-refractivity contribution in [1.29, 1.82) is 0 Å². The molecule has 0 saturated heterocycles. The number of thiophene rings is 1. The van der Waals surface area contributed by atoms with Gasteiger partial charge in [-0.15, -0.1) is 11.3 Å². The Hall–Kier alpha value is 0.100. The van der Waals surface area contributed by atoms with Crippen molar-refractivity contribution in [1.82, 2.24) is 5.48 Å². The lowest BCUT2D eigenvalue weighted by Crippen LogP contribution is -2.24. The van der Waals surface area contributed by atoms with E-state index in [4.69, 9.17) is 4.84 Å². The quantitative estimate of drug-likeness (QED) is 0.854. The SMILES string of the molecule is CCONC1CCCc2sc(Br)cc21. The van der Waals surface area contributed by atoms with Gasteiger partial charge in [0.15, 0.2) is 0 Å². The molecule has 1 atom stereocenters. The van der Waals surface area contributed by atoms with Gasteiger partial charge in [0, 0.05) is 4.88 Å². The summed E-state index contributed by atoms with van der Waals surface area (Å²) in [5.41, 5.74) is 4.54. The van der Waals surface area contributed by atoms with E-state index in [0.29, 0.717) is 6.04 Å². The second-order valence-electron chi connectivity index (χ2n) is 3.42. The fourth-order valence-corrected chi connectivity index (χ4v) is 3.65. The molecule has 14 heavy (non-hydrogen) atoms. The maximum atomic E-state index is 5.28. The van der Waals surface area contributed by atoms with E-state index < -0.39 is 0 Å². The third-order valence-corrected chi connectivity index (χ3v) is 4.17. The molecular formula is C10H14BrNOS. The van der Waals surface area contributed by atoms with Gasteiger partial charge >= 0.3 is 0 Å². The molecule has 0 bridgehead atoms. The van der Waals surface area contributed by atoms with Gasteiger partial charge in [0.2, 0.25) is 0 Å². The summed E-state index contributed by atoms with van der Waals surface area (Å²) in [5, 5.41) is 0. The van der Waals surface area contributed by atoms with Crippen LogP contribution < -0.4 is 5.48 Å². The number of nitrogens with one attached hydrogen (secondary N) is 1. The topological polar surface area (TPSA) is 21.3 Å². The second-order valence-corrected chi connectivity index (χ2v) is 5.94. The van der Waals surface area contributed by atoms with Crippen molar-refractivity contribution in [2.45, 2.75) is 32.2 Å². The van der Waals surface area contributed by atoms with E-state index >= 15 is 0 Å². The number of fused-ring (bicyclic) bond motifs is 1. The van der Waals surface area contributed by atoms with Crippen molar-refractivity contribution in [3.63, 3.8) is 0 Å². The lowest BCUT2D eigenvalue weighted by Gasteiger charge is -2.22. The molecule has 0 fully saturated rings. The molecule has 1 aromatic heterocycles. The highest BCUT2D eigenvalue weighted by atomic mass is 79.9. The average Bonchev–Trinajstić information content (AvgIpc) is 2.55. The zero-order chi connectivity index (χ0) is 9.97. The molecular weight excluding hydrogens is 262 g/mol. The normalized spacial score (nSPS) is 20.9. The minimum Gasteiger partial charge on any atom is -0.302 e. The zero-order valence-electron chi connectivity index (χ0n) is 8.18. The van der Waals surface area contributed by atoms with Crippen LogP contribution in [0.1, 0.15) is 36.2 Å². The van der Waals surface area contributed by atoms with Gasteiger partial charge in [-0.3, -0.25) is 0 Å². The van der Waals surface area contributed by atoms with Gasteiger partial charge in [-0.25, -0.2) is 0 Å². The van der Waals surface area contributed by atoms with Crippen LogP contribution in [-0.2, 0) is 11.3 Å². The summed E-state index contributed by atoms with van der Waals surface area (Å²) in [6.45, 7) is 2.72. The van der Waals surface area contributed by atoms with Crippen molar-refractivity contribution in [3.05, 3.63) is 20.3 Å². The van der Waals surface area contributed by atoms with E-state index in [-0.39, 0.29) is 0 Å². The monoisotopic (exact) mass is 275 g/mol. The largest absolute Gasteiger partial charge is 0.302 e. The Bertz CT molecular complexity index is 313. The van der Waals surface area contributed by atoms with Crippen LogP contribution in [0.15, 0.2) is 9.85 Å². The minimum absolute atomic E-state index is 0.390. The maximum absolute atomic E-state index is 5.28. The Morgan fingerprint density at radius 3 is 3.36 bits per heavy atom. The van der Waals surface area contributed by atoms with Crippen LogP contribution in [0.4, 0.5) is 0 Å². The number of rotatable bonds is 3. The van der Waals surface area contributed by atoms with Gasteiger partial charge in [-0.2, -0.15) is 5.48 Å². The molecule has 0 spiro atoms. The Labute approximate surface area is 96.7 Å². The van der Waals surface area contributed by atoms with Crippen LogP contribution in [0.3, 0.4) is 0 Å². The van der Waals surface area contributed by atoms with Gasteiger partial charge in [0.05, 0.1) is 16.4 Å². The van der Waals surface area contributed by atoms with Gasteiger partial charge < -0.3 is 4.84 Å².